The normalized spacial score (nSPS) is 14.6. The van der Waals surface area contributed by atoms with Crippen LogP contribution in [0.25, 0.3) is 11.6 Å². The van der Waals surface area contributed by atoms with Crippen molar-refractivity contribution in [2.24, 2.45) is 7.05 Å². The monoisotopic (exact) mass is 411 g/mol. The molecular formula is C21H25N5O2S. The molecule has 0 aliphatic carbocycles. The highest BCUT2D eigenvalue weighted by molar-refractivity contribution is 7.99. The van der Waals surface area contributed by atoms with Crippen molar-refractivity contribution in [1.82, 2.24) is 14.8 Å². The number of amides is 1. The van der Waals surface area contributed by atoms with E-state index in [1.54, 1.807) is 6.26 Å². The number of benzene rings is 1. The van der Waals surface area contributed by atoms with Gasteiger partial charge in [0, 0.05) is 31.5 Å². The van der Waals surface area contributed by atoms with Crippen LogP contribution in [0.2, 0.25) is 0 Å². The largest absolute Gasteiger partial charge is 0.461 e. The van der Waals surface area contributed by atoms with Gasteiger partial charge in [0.25, 0.3) is 0 Å². The van der Waals surface area contributed by atoms with E-state index in [-0.39, 0.29) is 11.7 Å². The Morgan fingerprint density at radius 1 is 1.10 bits per heavy atom. The molecule has 7 nitrogen and oxygen atoms in total. The van der Waals surface area contributed by atoms with Crippen LogP contribution in [-0.2, 0) is 11.8 Å². The second kappa shape index (κ2) is 9.17. The third-order valence-corrected chi connectivity index (χ3v) is 6.05. The van der Waals surface area contributed by atoms with Crippen LogP contribution in [0.15, 0.2) is 52.2 Å². The average molecular weight is 412 g/mol. The molecule has 29 heavy (non-hydrogen) atoms. The molecule has 0 atom stereocenters. The summed E-state index contributed by atoms with van der Waals surface area (Å²) in [5.74, 6) is 1.49. The Morgan fingerprint density at radius 2 is 1.86 bits per heavy atom. The molecule has 3 aromatic rings. The zero-order valence-corrected chi connectivity index (χ0v) is 17.3. The summed E-state index contributed by atoms with van der Waals surface area (Å²) in [5.41, 5.74) is 2.03. The summed E-state index contributed by atoms with van der Waals surface area (Å²) in [7, 11) is 1.86. The third-order valence-electron chi connectivity index (χ3n) is 5.03. The Labute approximate surface area is 174 Å². The van der Waals surface area contributed by atoms with Crippen molar-refractivity contribution in [2.75, 3.05) is 29.1 Å². The maximum absolute atomic E-state index is 12.3. The number of anilines is 2. The molecule has 0 radical (unpaired) electrons. The van der Waals surface area contributed by atoms with Crippen molar-refractivity contribution in [2.45, 2.75) is 30.8 Å². The summed E-state index contributed by atoms with van der Waals surface area (Å²) in [6.45, 7) is 2.22. The lowest BCUT2D eigenvalue weighted by atomic mass is 10.2. The number of carbonyl (C=O) groups excluding carboxylic acids is 1. The number of hydrogen-bond donors (Lipinski definition) is 1. The Morgan fingerprint density at radius 3 is 2.55 bits per heavy atom. The van der Waals surface area contributed by atoms with Crippen LogP contribution in [0.5, 0.6) is 0 Å². The molecule has 1 saturated heterocycles. The second-order valence-corrected chi connectivity index (χ2v) is 8.07. The SMILES string of the molecule is Cn1c(SCC(=O)Nc2ccc(N3CCCCCC3)cc2)nnc1-c1ccco1. The van der Waals surface area contributed by atoms with E-state index in [4.69, 9.17) is 4.42 Å². The summed E-state index contributed by atoms with van der Waals surface area (Å²) in [6.07, 6.45) is 6.73. The highest BCUT2D eigenvalue weighted by Gasteiger charge is 2.15. The van der Waals surface area contributed by atoms with E-state index in [9.17, 15) is 4.79 Å². The predicted octanol–water partition coefficient (Wildman–Crippen LogP) is 4.19. The van der Waals surface area contributed by atoms with Gasteiger partial charge in [-0.25, -0.2) is 0 Å². The van der Waals surface area contributed by atoms with Crippen molar-refractivity contribution in [3.63, 3.8) is 0 Å². The first kappa shape index (κ1) is 19.6. The fourth-order valence-electron chi connectivity index (χ4n) is 3.47. The molecular weight excluding hydrogens is 386 g/mol. The highest BCUT2D eigenvalue weighted by atomic mass is 32.2. The first-order chi connectivity index (χ1) is 14.2. The van der Waals surface area contributed by atoms with E-state index in [1.807, 2.05) is 35.9 Å². The molecule has 0 spiro atoms. The summed E-state index contributed by atoms with van der Waals surface area (Å²) in [6, 6.07) is 11.8. The van der Waals surface area contributed by atoms with E-state index in [2.05, 4.69) is 32.5 Å². The standard InChI is InChI=1S/C21H25N5O2S/c1-25-20(18-7-6-14-28-18)23-24-21(25)29-15-19(27)22-16-8-10-17(11-9-16)26-12-4-2-3-5-13-26/h6-11,14H,2-5,12-13,15H2,1H3,(H,22,27). The van der Waals surface area contributed by atoms with E-state index < -0.39 is 0 Å². The molecule has 1 aromatic carbocycles. The zero-order valence-electron chi connectivity index (χ0n) is 16.5. The van der Waals surface area contributed by atoms with Crippen molar-refractivity contribution < 1.29 is 9.21 Å². The minimum atomic E-state index is -0.0694. The van der Waals surface area contributed by atoms with Gasteiger partial charge in [-0.3, -0.25) is 4.79 Å². The van der Waals surface area contributed by atoms with Gasteiger partial charge >= 0.3 is 0 Å². The molecule has 0 unspecified atom stereocenters. The lowest BCUT2D eigenvalue weighted by Crippen LogP contribution is -2.23. The molecule has 8 heteroatoms. The van der Waals surface area contributed by atoms with E-state index in [0.29, 0.717) is 16.7 Å². The third kappa shape index (κ3) is 4.82. The van der Waals surface area contributed by atoms with E-state index >= 15 is 0 Å². The topological polar surface area (TPSA) is 76.2 Å². The molecule has 1 fully saturated rings. The summed E-state index contributed by atoms with van der Waals surface area (Å²) < 4.78 is 7.19. The predicted molar refractivity (Wildman–Crippen MR) is 115 cm³/mol. The lowest BCUT2D eigenvalue weighted by Gasteiger charge is -2.22. The number of carbonyl (C=O) groups is 1. The fourth-order valence-corrected chi connectivity index (χ4v) is 4.18. The minimum absolute atomic E-state index is 0.0694. The highest BCUT2D eigenvalue weighted by Crippen LogP contribution is 2.24. The molecule has 152 valence electrons. The summed E-state index contributed by atoms with van der Waals surface area (Å²) >= 11 is 1.35. The Hall–Kier alpha value is -2.74. The number of nitrogens with one attached hydrogen (secondary N) is 1. The van der Waals surface area contributed by atoms with Gasteiger partial charge in [-0.05, 0) is 49.2 Å². The number of thioether (sulfide) groups is 1. The van der Waals surface area contributed by atoms with Crippen LogP contribution in [0.1, 0.15) is 25.7 Å². The smallest absolute Gasteiger partial charge is 0.234 e. The van der Waals surface area contributed by atoms with Gasteiger partial charge in [0.2, 0.25) is 5.91 Å². The zero-order chi connectivity index (χ0) is 20.1. The Kier molecular flexibility index (Phi) is 6.19. The molecule has 1 aliphatic rings. The van der Waals surface area contributed by atoms with Crippen molar-refractivity contribution in [3.8, 4) is 11.6 Å². The van der Waals surface area contributed by atoms with Gasteiger partial charge in [0.15, 0.2) is 16.7 Å². The van der Waals surface area contributed by atoms with Crippen LogP contribution in [0, 0.1) is 0 Å². The fraction of sp³-hybridized carbons (Fsp3) is 0.381. The first-order valence-electron chi connectivity index (χ1n) is 9.91. The van der Waals surface area contributed by atoms with Crippen LogP contribution in [0.3, 0.4) is 0 Å². The summed E-state index contributed by atoms with van der Waals surface area (Å²) in [4.78, 5) is 14.8. The molecule has 0 saturated carbocycles. The van der Waals surface area contributed by atoms with Crippen LogP contribution >= 0.6 is 11.8 Å². The van der Waals surface area contributed by atoms with Gasteiger partial charge in [0.05, 0.1) is 12.0 Å². The number of rotatable bonds is 6. The molecule has 1 aliphatic heterocycles. The second-order valence-electron chi connectivity index (χ2n) is 7.13. The van der Waals surface area contributed by atoms with Gasteiger partial charge in [-0.1, -0.05) is 24.6 Å². The maximum Gasteiger partial charge on any atom is 0.234 e. The average Bonchev–Trinajstić information content (AvgIpc) is 3.29. The Bertz CT molecular complexity index is 929. The van der Waals surface area contributed by atoms with E-state index in [1.165, 1.54) is 43.1 Å². The molecule has 4 rings (SSSR count). The van der Waals surface area contributed by atoms with Crippen molar-refractivity contribution in [1.29, 1.82) is 0 Å². The molecule has 2 aromatic heterocycles. The van der Waals surface area contributed by atoms with Crippen molar-refractivity contribution >= 4 is 29.0 Å². The Balaban J connectivity index is 1.31. The van der Waals surface area contributed by atoms with Crippen LogP contribution < -0.4 is 10.2 Å². The van der Waals surface area contributed by atoms with Gasteiger partial charge < -0.3 is 19.2 Å². The number of aromatic nitrogens is 3. The van der Waals surface area contributed by atoms with Crippen molar-refractivity contribution in [3.05, 3.63) is 42.7 Å². The van der Waals surface area contributed by atoms with Crippen LogP contribution in [-0.4, -0.2) is 39.5 Å². The minimum Gasteiger partial charge on any atom is -0.461 e. The van der Waals surface area contributed by atoms with Gasteiger partial charge in [-0.15, -0.1) is 10.2 Å². The number of nitrogens with zero attached hydrogens (tertiary/aromatic N) is 4. The molecule has 3 heterocycles. The molecule has 1 amide bonds. The first-order valence-corrected chi connectivity index (χ1v) is 10.9. The van der Waals surface area contributed by atoms with Gasteiger partial charge in [0.1, 0.15) is 0 Å². The number of hydrogen-bond acceptors (Lipinski definition) is 6. The molecule has 1 N–H and O–H groups in total. The van der Waals surface area contributed by atoms with Crippen LogP contribution in [0.4, 0.5) is 11.4 Å². The van der Waals surface area contributed by atoms with E-state index in [0.717, 1.165) is 18.8 Å². The van der Waals surface area contributed by atoms with Gasteiger partial charge in [-0.2, -0.15) is 0 Å². The quantitative estimate of drug-likeness (QED) is 0.613. The maximum atomic E-state index is 12.3. The molecule has 0 bridgehead atoms. The number of furan rings is 1. The lowest BCUT2D eigenvalue weighted by molar-refractivity contribution is -0.113. The summed E-state index contributed by atoms with van der Waals surface area (Å²) in [5, 5.41) is 11.9.